The van der Waals surface area contributed by atoms with E-state index in [-0.39, 0.29) is 0 Å². The monoisotopic (exact) mass is 378 g/mol. The highest BCUT2D eigenvalue weighted by Gasteiger charge is 2.36. The van der Waals surface area contributed by atoms with Crippen molar-refractivity contribution < 1.29 is 27.3 Å². The molecule has 3 rings (SSSR count). The van der Waals surface area contributed by atoms with Gasteiger partial charge in [0.15, 0.2) is 0 Å². The molecule has 0 saturated carbocycles. The number of carbonyl (C=O) groups is 1. The second-order valence-corrected chi connectivity index (χ2v) is 7.96. The second kappa shape index (κ2) is 7.13. The Morgan fingerprint density at radius 1 is 0.654 bits per heavy atom. The van der Waals surface area contributed by atoms with Gasteiger partial charge < -0.3 is 9.29 Å². The summed E-state index contributed by atoms with van der Waals surface area (Å²) in [6.45, 7) is 0. The van der Waals surface area contributed by atoms with Gasteiger partial charge in [0.1, 0.15) is 17.5 Å². The maximum Gasteiger partial charge on any atom is 0.517 e. The molecule has 26 heavy (non-hydrogen) atoms. The molecule has 3 aromatic rings. The van der Waals surface area contributed by atoms with Crippen LogP contribution in [-0.4, -0.2) is 11.3 Å². The summed E-state index contributed by atoms with van der Waals surface area (Å²) in [4.78, 5) is 12.6. The second-order valence-electron chi connectivity index (χ2n) is 5.27. The van der Waals surface area contributed by atoms with Crippen LogP contribution < -0.4 is 0 Å². The molecule has 0 fully saturated rings. The summed E-state index contributed by atoms with van der Waals surface area (Å²) in [6, 6.07) is 15.5. The predicted octanol–water partition coefficient (Wildman–Crippen LogP) is 6.00. The van der Waals surface area contributed by atoms with Gasteiger partial charge >= 0.3 is 6.16 Å². The van der Waals surface area contributed by atoms with Gasteiger partial charge in [-0.1, -0.05) is 0 Å². The third-order valence-corrected chi connectivity index (χ3v) is 6.83. The van der Waals surface area contributed by atoms with E-state index in [0.717, 1.165) is 0 Å². The first-order valence-corrected chi connectivity index (χ1v) is 9.00. The highest BCUT2D eigenvalue weighted by molar-refractivity contribution is 8.30. The quantitative estimate of drug-likeness (QED) is 0.606. The molecule has 0 saturated heterocycles. The molecule has 7 heteroatoms. The number of rotatable bonds is 4. The van der Waals surface area contributed by atoms with E-state index in [1.807, 2.05) is 0 Å². The maximum absolute atomic E-state index is 13.4. The van der Waals surface area contributed by atoms with Crippen molar-refractivity contribution in [3.05, 3.63) is 90.2 Å². The molecular weight excluding hydrogens is 365 g/mol. The van der Waals surface area contributed by atoms with Crippen LogP contribution in [-0.2, 0) is 4.18 Å². The Morgan fingerprint density at radius 3 is 1.15 bits per heavy atom. The molecule has 3 nitrogen and oxygen atoms in total. The van der Waals surface area contributed by atoms with Crippen molar-refractivity contribution in [1.29, 1.82) is 0 Å². The lowest BCUT2D eigenvalue weighted by atomic mass is 10.3. The highest BCUT2D eigenvalue weighted by atomic mass is 32.3. The number of halogens is 3. The average molecular weight is 378 g/mol. The van der Waals surface area contributed by atoms with Gasteiger partial charge in [-0.25, -0.2) is 18.0 Å². The lowest BCUT2D eigenvalue weighted by Gasteiger charge is -2.38. The predicted molar refractivity (Wildman–Crippen MR) is 90.7 cm³/mol. The zero-order chi connectivity index (χ0) is 18.7. The van der Waals surface area contributed by atoms with E-state index >= 15 is 0 Å². The lowest BCUT2D eigenvalue weighted by Crippen LogP contribution is -2.12. The summed E-state index contributed by atoms with van der Waals surface area (Å²) in [5.41, 5.74) is 0. The molecular formula is C19H13F3O3S. The van der Waals surface area contributed by atoms with Crippen molar-refractivity contribution in [3.63, 3.8) is 0 Å². The van der Waals surface area contributed by atoms with E-state index in [4.69, 9.17) is 4.18 Å². The summed E-state index contributed by atoms with van der Waals surface area (Å²) in [6.07, 6.45) is -1.56. The Bertz CT molecular complexity index is 799. The van der Waals surface area contributed by atoms with Gasteiger partial charge in [-0.05, 0) is 83.1 Å². The van der Waals surface area contributed by atoms with E-state index in [1.165, 1.54) is 72.8 Å². The van der Waals surface area contributed by atoms with Crippen LogP contribution in [0.25, 0.3) is 0 Å². The summed E-state index contributed by atoms with van der Waals surface area (Å²) < 4.78 is 45.6. The Labute approximate surface area is 149 Å². The lowest BCUT2D eigenvalue weighted by molar-refractivity contribution is 0.150. The van der Waals surface area contributed by atoms with Gasteiger partial charge in [0, 0.05) is 14.7 Å². The van der Waals surface area contributed by atoms with Gasteiger partial charge in [-0.3, -0.25) is 0 Å². The van der Waals surface area contributed by atoms with E-state index in [9.17, 15) is 23.1 Å². The molecule has 0 unspecified atom stereocenters. The van der Waals surface area contributed by atoms with Crippen LogP contribution in [0, 0.1) is 17.5 Å². The van der Waals surface area contributed by atoms with Crippen LogP contribution in [0.15, 0.2) is 87.5 Å². The molecule has 0 aromatic heterocycles. The molecule has 0 bridgehead atoms. The highest BCUT2D eigenvalue weighted by Crippen LogP contribution is 2.69. The topological polar surface area (TPSA) is 46.5 Å². The summed E-state index contributed by atoms with van der Waals surface area (Å²) in [5, 5.41) is 9.37. The largest absolute Gasteiger partial charge is 0.517 e. The standard InChI is InChI=1S/C19H13F3O3S/c20-13-1-7-16(8-2-13)26(25-19(23)24,17-9-3-14(21)4-10-17)18-11-5-15(22)6-12-18/h1-12H,(H,23,24). The van der Waals surface area contributed by atoms with Gasteiger partial charge in [0.2, 0.25) is 0 Å². The van der Waals surface area contributed by atoms with E-state index in [0.29, 0.717) is 14.7 Å². The van der Waals surface area contributed by atoms with Crippen molar-refractivity contribution in [2.24, 2.45) is 0 Å². The smallest absolute Gasteiger partial charge is 0.449 e. The Balaban J connectivity index is 2.33. The third-order valence-electron chi connectivity index (χ3n) is 3.63. The zero-order valence-electron chi connectivity index (χ0n) is 13.2. The number of carboxylic acid groups (broad SMARTS) is 1. The van der Waals surface area contributed by atoms with Crippen molar-refractivity contribution in [3.8, 4) is 0 Å². The van der Waals surface area contributed by atoms with Gasteiger partial charge in [0.25, 0.3) is 0 Å². The molecule has 0 aliphatic rings. The van der Waals surface area contributed by atoms with Crippen LogP contribution in [0.2, 0.25) is 0 Å². The Kier molecular flexibility index (Phi) is 4.90. The molecule has 3 aromatic carbocycles. The normalized spacial score (nSPS) is 11.8. The molecule has 0 amide bonds. The molecule has 0 aliphatic carbocycles. The van der Waals surface area contributed by atoms with E-state index in [1.54, 1.807) is 0 Å². The molecule has 0 spiro atoms. The Hall–Kier alpha value is -2.93. The Morgan fingerprint density at radius 2 is 0.923 bits per heavy atom. The molecule has 0 atom stereocenters. The molecule has 0 aliphatic heterocycles. The zero-order valence-corrected chi connectivity index (χ0v) is 14.1. The average Bonchev–Trinajstić information content (AvgIpc) is 2.62. The fourth-order valence-electron chi connectivity index (χ4n) is 2.54. The van der Waals surface area contributed by atoms with Gasteiger partial charge in [0.05, 0.1) is 0 Å². The SMILES string of the molecule is O=C(O)OS(c1ccc(F)cc1)(c1ccc(F)cc1)c1ccc(F)cc1. The summed E-state index contributed by atoms with van der Waals surface area (Å²) >= 11 is 0. The third kappa shape index (κ3) is 3.39. The molecule has 134 valence electrons. The van der Waals surface area contributed by atoms with Crippen LogP contribution >= 0.6 is 10.3 Å². The first-order chi connectivity index (χ1) is 12.4. The van der Waals surface area contributed by atoms with E-state index < -0.39 is 33.9 Å². The van der Waals surface area contributed by atoms with Crippen molar-refractivity contribution in [2.75, 3.05) is 0 Å². The minimum Gasteiger partial charge on any atom is -0.449 e. The number of hydrogen-bond acceptors (Lipinski definition) is 2. The van der Waals surface area contributed by atoms with Crippen LogP contribution in [0.5, 0.6) is 0 Å². The fraction of sp³-hybridized carbons (Fsp3) is 0. The molecule has 1 N–H and O–H groups in total. The first-order valence-electron chi connectivity index (χ1n) is 7.44. The first kappa shape index (κ1) is 17.9. The van der Waals surface area contributed by atoms with E-state index in [2.05, 4.69) is 0 Å². The summed E-state index contributed by atoms with van der Waals surface area (Å²) in [5.74, 6) is -1.51. The van der Waals surface area contributed by atoms with Gasteiger partial charge in [-0.2, -0.15) is 0 Å². The maximum atomic E-state index is 13.4. The fourth-order valence-corrected chi connectivity index (χ4v) is 5.42. The van der Waals surface area contributed by atoms with Gasteiger partial charge in [-0.15, -0.1) is 0 Å². The van der Waals surface area contributed by atoms with Crippen LogP contribution in [0.3, 0.4) is 0 Å². The van der Waals surface area contributed by atoms with Crippen molar-refractivity contribution in [1.82, 2.24) is 0 Å². The minimum absolute atomic E-state index is 0.375. The summed E-state index contributed by atoms with van der Waals surface area (Å²) in [7, 11) is -2.88. The minimum atomic E-state index is -2.88. The van der Waals surface area contributed by atoms with Crippen LogP contribution in [0.1, 0.15) is 0 Å². The van der Waals surface area contributed by atoms with Crippen molar-refractivity contribution in [2.45, 2.75) is 14.7 Å². The van der Waals surface area contributed by atoms with Crippen molar-refractivity contribution >= 4 is 16.5 Å². The number of benzene rings is 3. The molecule has 0 heterocycles. The number of hydrogen-bond donors (Lipinski definition) is 1. The van der Waals surface area contributed by atoms with Crippen LogP contribution in [0.4, 0.5) is 18.0 Å². The molecule has 0 radical (unpaired) electrons.